The van der Waals surface area contributed by atoms with Gasteiger partial charge >= 0.3 is 0 Å². The van der Waals surface area contributed by atoms with Crippen LogP contribution in [0.3, 0.4) is 0 Å². The predicted octanol–water partition coefficient (Wildman–Crippen LogP) is 2.18. The predicted molar refractivity (Wildman–Crippen MR) is 78.1 cm³/mol. The van der Waals surface area contributed by atoms with E-state index in [-0.39, 0.29) is 22.0 Å². The van der Waals surface area contributed by atoms with E-state index in [4.69, 9.17) is 17.4 Å². The van der Waals surface area contributed by atoms with Crippen LogP contribution in [0.5, 0.6) is 0 Å². The molecule has 1 amide bonds. The van der Waals surface area contributed by atoms with Crippen molar-refractivity contribution in [1.29, 1.82) is 0 Å². The van der Waals surface area contributed by atoms with Crippen LogP contribution < -0.4 is 16.6 Å². The molecule has 0 bridgehead atoms. The highest BCUT2D eigenvalue weighted by atomic mass is 35.5. The van der Waals surface area contributed by atoms with Crippen LogP contribution in [-0.2, 0) is 0 Å². The zero-order chi connectivity index (χ0) is 15.4. The molecule has 0 unspecified atom stereocenters. The van der Waals surface area contributed by atoms with Crippen LogP contribution in [-0.4, -0.2) is 15.8 Å². The molecule has 0 atom stereocenters. The Balaban J connectivity index is 2.31. The standard InChI is InChI=1S/C12H10ClN5O3/c13-9-2-1-7(18(20)21)5-11(9)16-12(19)8-6-15-4-3-10(8)17-14/h1-6H,14H2,(H,15,17)(H,16,19). The van der Waals surface area contributed by atoms with E-state index >= 15 is 0 Å². The van der Waals surface area contributed by atoms with Gasteiger partial charge in [0.2, 0.25) is 0 Å². The van der Waals surface area contributed by atoms with Gasteiger partial charge in [0.1, 0.15) is 0 Å². The van der Waals surface area contributed by atoms with E-state index in [0.717, 1.165) is 0 Å². The summed E-state index contributed by atoms with van der Waals surface area (Å²) in [4.78, 5) is 26.1. The second kappa shape index (κ2) is 6.16. The number of carbonyl (C=O) groups is 1. The molecule has 0 radical (unpaired) electrons. The molecule has 108 valence electrons. The van der Waals surface area contributed by atoms with Crippen LogP contribution in [0.15, 0.2) is 36.7 Å². The normalized spacial score (nSPS) is 10.0. The molecular weight excluding hydrogens is 298 g/mol. The Labute approximate surface area is 124 Å². The monoisotopic (exact) mass is 307 g/mol. The number of nitro groups is 1. The molecule has 0 aliphatic carbocycles. The molecule has 1 aromatic carbocycles. The highest BCUT2D eigenvalue weighted by Crippen LogP contribution is 2.27. The van der Waals surface area contributed by atoms with Crippen LogP contribution in [0.25, 0.3) is 0 Å². The molecule has 2 rings (SSSR count). The lowest BCUT2D eigenvalue weighted by Gasteiger charge is -2.10. The van der Waals surface area contributed by atoms with Crippen molar-refractivity contribution < 1.29 is 9.72 Å². The minimum absolute atomic E-state index is 0.127. The van der Waals surface area contributed by atoms with Gasteiger partial charge in [-0.3, -0.25) is 25.7 Å². The number of amides is 1. The van der Waals surface area contributed by atoms with Crippen LogP contribution >= 0.6 is 11.6 Å². The maximum absolute atomic E-state index is 12.2. The molecule has 2 aromatic rings. The quantitative estimate of drug-likeness (QED) is 0.452. The Morgan fingerprint density at radius 3 is 2.76 bits per heavy atom. The minimum atomic E-state index is -0.580. The fraction of sp³-hybridized carbons (Fsp3) is 0. The summed E-state index contributed by atoms with van der Waals surface area (Å²) in [6, 6.07) is 5.27. The number of nitrogens with zero attached hydrogens (tertiary/aromatic N) is 2. The number of pyridine rings is 1. The number of non-ortho nitro benzene ring substituents is 1. The van der Waals surface area contributed by atoms with Crippen LogP contribution in [0.1, 0.15) is 10.4 Å². The second-order valence-corrected chi connectivity index (χ2v) is 4.35. The number of hydrogen-bond donors (Lipinski definition) is 3. The fourth-order valence-electron chi connectivity index (χ4n) is 1.61. The molecule has 4 N–H and O–H groups in total. The van der Waals surface area contributed by atoms with Crippen LogP contribution in [0.4, 0.5) is 17.1 Å². The summed E-state index contributed by atoms with van der Waals surface area (Å²) in [6.45, 7) is 0. The van der Waals surface area contributed by atoms with E-state index in [1.807, 2.05) is 0 Å². The van der Waals surface area contributed by atoms with Crippen molar-refractivity contribution in [2.45, 2.75) is 0 Å². The third kappa shape index (κ3) is 3.25. The molecule has 8 nitrogen and oxygen atoms in total. The Kier molecular flexibility index (Phi) is 4.31. The van der Waals surface area contributed by atoms with Gasteiger partial charge in [-0.1, -0.05) is 11.6 Å². The Hall–Kier alpha value is -2.71. The lowest BCUT2D eigenvalue weighted by molar-refractivity contribution is -0.384. The van der Waals surface area contributed by atoms with Crippen molar-refractivity contribution >= 4 is 34.6 Å². The summed E-state index contributed by atoms with van der Waals surface area (Å²) in [5, 5.41) is 13.4. The number of aromatic nitrogens is 1. The summed E-state index contributed by atoms with van der Waals surface area (Å²) >= 11 is 5.91. The first-order valence-electron chi connectivity index (χ1n) is 5.69. The van der Waals surface area contributed by atoms with Gasteiger partial charge in [-0.2, -0.15) is 0 Å². The van der Waals surface area contributed by atoms with Gasteiger partial charge in [-0.05, 0) is 12.1 Å². The van der Waals surface area contributed by atoms with E-state index in [9.17, 15) is 14.9 Å². The van der Waals surface area contributed by atoms with E-state index in [0.29, 0.717) is 5.69 Å². The number of rotatable bonds is 4. The summed E-state index contributed by atoms with van der Waals surface area (Å²) in [5.41, 5.74) is 2.86. The third-order valence-corrected chi connectivity index (χ3v) is 2.96. The molecule has 1 aromatic heterocycles. The third-order valence-electron chi connectivity index (χ3n) is 2.63. The fourth-order valence-corrected chi connectivity index (χ4v) is 1.78. The molecule has 0 saturated heterocycles. The minimum Gasteiger partial charge on any atom is -0.323 e. The molecule has 0 saturated carbocycles. The van der Waals surface area contributed by atoms with Gasteiger partial charge < -0.3 is 10.7 Å². The Bertz CT molecular complexity index is 707. The van der Waals surface area contributed by atoms with Gasteiger partial charge in [0.05, 0.1) is 26.9 Å². The lowest BCUT2D eigenvalue weighted by Crippen LogP contribution is -2.17. The zero-order valence-corrected chi connectivity index (χ0v) is 11.3. The average molecular weight is 308 g/mol. The maximum Gasteiger partial charge on any atom is 0.271 e. The number of nitrogens with one attached hydrogen (secondary N) is 2. The van der Waals surface area contributed by atoms with Crippen molar-refractivity contribution in [2.24, 2.45) is 5.84 Å². The van der Waals surface area contributed by atoms with E-state index in [1.165, 1.54) is 36.7 Å². The van der Waals surface area contributed by atoms with Crippen molar-refractivity contribution in [3.05, 3.63) is 57.4 Å². The van der Waals surface area contributed by atoms with Crippen molar-refractivity contribution in [3.63, 3.8) is 0 Å². The Morgan fingerprint density at radius 1 is 1.33 bits per heavy atom. The van der Waals surface area contributed by atoms with E-state index < -0.39 is 10.8 Å². The van der Waals surface area contributed by atoms with Crippen molar-refractivity contribution in [3.8, 4) is 0 Å². The largest absolute Gasteiger partial charge is 0.323 e. The number of nitrogens with two attached hydrogens (primary N) is 1. The number of nitrogen functional groups attached to an aromatic ring is 1. The maximum atomic E-state index is 12.2. The first kappa shape index (κ1) is 14.7. The number of benzene rings is 1. The summed E-state index contributed by atoms with van der Waals surface area (Å²) in [6.07, 6.45) is 2.78. The van der Waals surface area contributed by atoms with E-state index in [2.05, 4.69) is 15.7 Å². The highest BCUT2D eigenvalue weighted by molar-refractivity contribution is 6.34. The number of hydrogen-bond acceptors (Lipinski definition) is 6. The summed E-state index contributed by atoms with van der Waals surface area (Å²) < 4.78 is 0. The van der Waals surface area contributed by atoms with Crippen molar-refractivity contribution in [1.82, 2.24) is 4.98 Å². The smallest absolute Gasteiger partial charge is 0.271 e. The first-order valence-corrected chi connectivity index (χ1v) is 6.06. The SMILES string of the molecule is NNc1ccncc1C(=O)Nc1cc([N+](=O)[O-])ccc1Cl. The molecule has 0 spiro atoms. The van der Waals surface area contributed by atoms with Gasteiger partial charge in [0.25, 0.3) is 11.6 Å². The molecule has 21 heavy (non-hydrogen) atoms. The van der Waals surface area contributed by atoms with Crippen LogP contribution in [0, 0.1) is 10.1 Å². The molecule has 9 heteroatoms. The van der Waals surface area contributed by atoms with E-state index in [1.54, 1.807) is 0 Å². The molecule has 1 heterocycles. The number of halogens is 1. The van der Waals surface area contributed by atoms with Gasteiger partial charge in [-0.15, -0.1) is 0 Å². The van der Waals surface area contributed by atoms with Gasteiger partial charge in [-0.25, -0.2) is 0 Å². The van der Waals surface area contributed by atoms with Crippen molar-refractivity contribution in [2.75, 3.05) is 10.7 Å². The van der Waals surface area contributed by atoms with Gasteiger partial charge in [0, 0.05) is 24.5 Å². The highest BCUT2D eigenvalue weighted by Gasteiger charge is 2.15. The van der Waals surface area contributed by atoms with Crippen LogP contribution in [0.2, 0.25) is 5.02 Å². The summed E-state index contributed by atoms with van der Waals surface area (Å²) in [5.74, 6) is 4.76. The molecule has 0 aliphatic heterocycles. The lowest BCUT2D eigenvalue weighted by atomic mass is 10.2. The number of carbonyl (C=O) groups excluding carboxylic acids is 1. The number of nitro benzene ring substituents is 1. The number of hydrazine groups is 1. The molecule has 0 fully saturated rings. The second-order valence-electron chi connectivity index (χ2n) is 3.94. The molecule has 0 aliphatic rings. The number of anilines is 2. The zero-order valence-electron chi connectivity index (χ0n) is 10.5. The van der Waals surface area contributed by atoms with Gasteiger partial charge in [0.15, 0.2) is 0 Å². The summed E-state index contributed by atoms with van der Waals surface area (Å²) in [7, 11) is 0. The topological polar surface area (TPSA) is 123 Å². The molecular formula is C12H10ClN5O3. The Morgan fingerprint density at radius 2 is 2.10 bits per heavy atom. The average Bonchev–Trinajstić information content (AvgIpc) is 2.49. The first-order chi connectivity index (χ1) is 10.0.